The van der Waals surface area contributed by atoms with Gasteiger partial charge in [0, 0.05) is 39.5 Å². The molecule has 2 aromatic carbocycles. The second-order valence-electron chi connectivity index (χ2n) is 7.78. The Hall–Kier alpha value is -2.75. The Labute approximate surface area is 166 Å². The minimum Gasteiger partial charge on any atom is -0.461 e. The largest absolute Gasteiger partial charge is 0.461 e. The first-order chi connectivity index (χ1) is 14.6. The van der Waals surface area contributed by atoms with Crippen molar-refractivity contribution in [3.63, 3.8) is 0 Å². The Bertz CT molecular complexity index is 1310. The van der Waals surface area contributed by atoms with Crippen LogP contribution in [0.5, 0.6) is 0 Å². The van der Waals surface area contributed by atoms with E-state index in [1.807, 2.05) is 43.3 Å². The molecule has 0 amide bonds. The van der Waals surface area contributed by atoms with Crippen LogP contribution in [0.2, 0.25) is 0 Å². The number of furan rings is 1. The van der Waals surface area contributed by atoms with Gasteiger partial charge in [0.2, 0.25) is 5.92 Å². The zero-order valence-corrected chi connectivity index (χ0v) is 15.4. The van der Waals surface area contributed by atoms with Crippen molar-refractivity contribution < 1.29 is 17.3 Å². The van der Waals surface area contributed by atoms with Crippen LogP contribution in [-0.2, 0) is 0 Å². The lowest BCUT2D eigenvalue weighted by atomic mass is 9.93. The molecule has 1 aliphatic carbocycles. The number of pyridine rings is 1. The summed E-state index contributed by atoms with van der Waals surface area (Å²) < 4.78 is 56.2. The van der Waals surface area contributed by atoms with E-state index in [4.69, 9.17) is 8.53 Å². The van der Waals surface area contributed by atoms with E-state index in [1.165, 1.54) is 0 Å². The maximum atomic E-state index is 13.7. The van der Waals surface area contributed by atoms with Crippen molar-refractivity contribution in [2.45, 2.75) is 44.9 Å². The molecule has 1 atom stereocenters. The first kappa shape index (κ1) is 14.3. The fourth-order valence-electron chi connectivity index (χ4n) is 4.38. The SMILES string of the molecule is [2H]C([2H])([2H])c1cc2cc(C)cc(-c3nccc4cc(C5CCC(F)(F)C5)ccc34)c2o1. The Morgan fingerprint density at radius 2 is 2.04 bits per heavy atom. The van der Waals surface area contributed by atoms with Crippen molar-refractivity contribution in [1.82, 2.24) is 4.98 Å². The minimum absolute atomic E-state index is 0.0564. The van der Waals surface area contributed by atoms with Crippen LogP contribution in [-0.4, -0.2) is 10.9 Å². The number of aromatic nitrogens is 1. The standard InChI is InChI=1S/C24H21F2NO/c1-14-9-19-11-15(2)28-23(19)21(10-14)22-20-4-3-16(12-17(20)6-8-27-22)18-5-7-24(25,26)13-18/h3-4,6,8-12,18H,5,7,13H2,1-2H3/i2D3. The molecule has 1 saturated carbocycles. The number of benzene rings is 2. The Kier molecular flexibility index (Phi) is 3.12. The highest BCUT2D eigenvalue weighted by Gasteiger charge is 2.39. The third kappa shape index (κ3) is 2.88. The van der Waals surface area contributed by atoms with Gasteiger partial charge in [-0.15, -0.1) is 0 Å². The summed E-state index contributed by atoms with van der Waals surface area (Å²) in [5.74, 6) is -2.79. The normalized spacial score (nSPS) is 21.0. The quantitative estimate of drug-likeness (QED) is 0.368. The number of alkyl halides is 2. The van der Waals surface area contributed by atoms with Crippen LogP contribution in [0, 0.1) is 13.8 Å². The number of hydrogen-bond donors (Lipinski definition) is 0. The summed E-state index contributed by atoms with van der Waals surface area (Å²) in [6, 6.07) is 13.0. The van der Waals surface area contributed by atoms with Gasteiger partial charge in [-0.05, 0) is 66.9 Å². The van der Waals surface area contributed by atoms with Crippen LogP contribution < -0.4 is 0 Å². The summed E-state index contributed by atoms with van der Waals surface area (Å²) in [7, 11) is 0. The zero-order valence-electron chi connectivity index (χ0n) is 18.4. The maximum absolute atomic E-state index is 13.7. The third-order valence-electron chi connectivity index (χ3n) is 5.68. The van der Waals surface area contributed by atoms with Gasteiger partial charge in [0.05, 0.1) is 5.69 Å². The summed E-state index contributed by atoms with van der Waals surface area (Å²) in [4.78, 5) is 4.57. The molecular formula is C24H21F2NO. The molecule has 0 saturated heterocycles. The van der Waals surface area contributed by atoms with E-state index in [-0.39, 0.29) is 24.5 Å². The van der Waals surface area contributed by atoms with Crippen molar-refractivity contribution in [3.8, 4) is 11.3 Å². The predicted octanol–water partition coefficient (Wildman–Crippen LogP) is 7.17. The predicted molar refractivity (Wildman–Crippen MR) is 108 cm³/mol. The molecule has 4 aromatic rings. The lowest BCUT2D eigenvalue weighted by Gasteiger charge is -2.13. The van der Waals surface area contributed by atoms with Gasteiger partial charge in [-0.1, -0.05) is 18.2 Å². The van der Waals surface area contributed by atoms with Crippen LogP contribution in [0.15, 0.2) is 53.1 Å². The Morgan fingerprint density at radius 1 is 1.14 bits per heavy atom. The number of halogens is 2. The van der Waals surface area contributed by atoms with Crippen LogP contribution in [0.3, 0.4) is 0 Å². The van der Waals surface area contributed by atoms with Crippen molar-refractivity contribution in [3.05, 3.63) is 65.5 Å². The van der Waals surface area contributed by atoms with Gasteiger partial charge in [-0.25, -0.2) is 8.78 Å². The zero-order chi connectivity index (χ0) is 22.0. The van der Waals surface area contributed by atoms with Gasteiger partial charge in [-0.3, -0.25) is 4.98 Å². The van der Waals surface area contributed by atoms with Crippen LogP contribution in [0.1, 0.15) is 46.2 Å². The summed E-state index contributed by atoms with van der Waals surface area (Å²) in [6.07, 6.45) is 1.99. The molecule has 2 heterocycles. The molecule has 1 aliphatic rings. The Morgan fingerprint density at radius 3 is 2.82 bits per heavy atom. The average molecular weight is 380 g/mol. The van der Waals surface area contributed by atoms with E-state index < -0.39 is 12.8 Å². The first-order valence-electron chi connectivity index (χ1n) is 10.9. The molecule has 0 radical (unpaired) electrons. The van der Waals surface area contributed by atoms with Gasteiger partial charge in [-0.2, -0.15) is 0 Å². The van der Waals surface area contributed by atoms with E-state index in [2.05, 4.69) is 4.98 Å². The first-order valence-corrected chi connectivity index (χ1v) is 9.42. The van der Waals surface area contributed by atoms with Crippen LogP contribution in [0.25, 0.3) is 33.0 Å². The van der Waals surface area contributed by atoms with Crippen LogP contribution >= 0.6 is 0 Å². The van der Waals surface area contributed by atoms with Gasteiger partial charge in [0.25, 0.3) is 0 Å². The summed E-state index contributed by atoms with van der Waals surface area (Å²) in [5, 5.41) is 2.49. The van der Waals surface area contributed by atoms with Crippen molar-refractivity contribution in [2.75, 3.05) is 0 Å². The molecular weight excluding hydrogens is 356 g/mol. The van der Waals surface area contributed by atoms with Crippen LogP contribution in [0.4, 0.5) is 8.78 Å². The van der Waals surface area contributed by atoms with E-state index in [0.29, 0.717) is 23.1 Å². The topological polar surface area (TPSA) is 26.0 Å². The smallest absolute Gasteiger partial charge is 0.248 e. The van der Waals surface area contributed by atoms with E-state index in [1.54, 1.807) is 12.3 Å². The van der Waals surface area contributed by atoms with Gasteiger partial charge >= 0.3 is 0 Å². The highest BCUT2D eigenvalue weighted by atomic mass is 19.3. The molecule has 0 N–H and O–H groups in total. The second kappa shape index (κ2) is 6.13. The highest BCUT2D eigenvalue weighted by Crippen LogP contribution is 2.45. The highest BCUT2D eigenvalue weighted by molar-refractivity contribution is 6.02. The molecule has 2 nitrogen and oxygen atoms in total. The molecule has 142 valence electrons. The van der Waals surface area contributed by atoms with Crippen molar-refractivity contribution >= 4 is 21.7 Å². The van der Waals surface area contributed by atoms with E-state index >= 15 is 0 Å². The lowest BCUT2D eigenvalue weighted by Crippen LogP contribution is -2.09. The summed E-state index contributed by atoms with van der Waals surface area (Å²) in [5.41, 5.74) is 3.76. The summed E-state index contributed by atoms with van der Waals surface area (Å²) in [6.45, 7) is -0.400. The molecule has 1 unspecified atom stereocenters. The molecule has 28 heavy (non-hydrogen) atoms. The van der Waals surface area contributed by atoms with E-state index in [9.17, 15) is 8.78 Å². The monoisotopic (exact) mass is 380 g/mol. The van der Waals surface area contributed by atoms with Gasteiger partial charge in [0.1, 0.15) is 11.3 Å². The summed E-state index contributed by atoms with van der Waals surface area (Å²) >= 11 is 0. The number of nitrogens with zero attached hydrogens (tertiary/aromatic N) is 1. The minimum atomic E-state index is -2.59. The lowest BCUT2D eigenvalue weighted by molar-refractivity contribution is 0.00777. The molecule has 1 fully saturated rings. The van der Waals surface area contributed by atoms with E-state index in [0.717, 1.165) is 27.5 Å². The molecule has 4 heteroatoms. The second-order valence-corrected chi connectivity index (χ2v) is 7.78. The maximum Gasteiger partial charge on any atom is 0.248 e. The average Bonchev–Trinajstić information content (AvgIpc) is 3.29. The number of rotatable bonds is 2. The fraction of sp³-hybridized carbons (Fsp3) is 0.292. The number of aryl methyl sites for hydroxylation is 2. The van der Waals surface area contributed by atoms with Gasteiger partial charge in [0.15, 0.2) is 0 Å². The molecule has 2 aromatic heterocycles. The third-order valence-corrected chi connectivity index (χ3v) is 5.68. The van der Waals surface area contributed by atoms with Crippen molar-refractivity contribution in [2.24, 2.45) is 0 Å². The molecule has 0 bridgehead atoms. The van der Waals surface area contributed by atoms with Gasteiger partial charge < -0.3 is 4.42 Å². The number of fused-ring (bicyclic) bond motifs is 2. The Balaban J connectivity index is 1.65. The molecule has 0 aliphatic heterocycles. The van der Waals surface area contributed by atoms with Crippen molar-refractivity contribution in [1.29, 1.82) is 0 Å². The number of hydrogen-bond acceptors (Lipinski definition) is 2. The fourth-order valence-corrected chi connectivity index (χ4v) is 4.38. The molecule has 0 spiro atoms. The molecule has 5 rings (SSSR count).